The van der Waals surface area contributed by atoms with E-state index in [0.717, 1.165) is 12.1 Å². The van der Waals surface area contributed by atoms with Gasteiger partial charge >= 0.3 is 0 Å². The van der Waals surface area contributed by atoms with Crippen LogP contribution < -0.4 is 5.73 Å². The van der Waals surface area contributed by atoms with Gasteiger partial charge in [-0.1, -0.05) is 6.08 Å². The molecular weight excluding hydrogens is 247 g/mol. The number of nitro benzene ring substituents is 1. The molecule has 17 heavy (non-hydrogen) atoms. The third kappa shape index (κ3) is 4.13. The lowest BCUT2D eigenvalue weighted by atomic mass is 10.0. The number of non-ortho nitro benzene ring substituents is 1. The second-order valence-electron chi connectivity index (χ2n) is 3.44. The first kappa shape index (κ1) is 15.5. The first-order chi connectivity index (χ1) is 7.56. The van der Waals surface area contributed by atoms with E-state index in [-0.39, 0.29) is 23.7 Å². The lowest BCUT2D eigenvalue weighted by Gasteiger charge is -2.11. The van der Waals surface area contributed by atoms with Crippen molar-refractivity contribution in [2.45, 2.75) is 18.9 Å². The minimum atomic E-state index is -0.566. The number of benzene rings is 1. The van der Waals surface area contributed by atoms with Gasteiger partial charge in [0.1, 0.15) is 5.82 Å². The van der Waals surface area contributed by atoms with E-state index >= 15 is 0 Å². The molecule has 2 N–H and O–H groups in total. The van der Waals surface area contributed by atoms with Crippen LogP contribution in [0.2, 0.25) is 0 Å². The van der Waals surface area contributed by atoms with Crippen LogP contribution in [0.3, 0.4) is 0 Å². The summed E-state index contributed by atoms with van der Waals surface area (Å²) in [4.78, 5) is 9.96. The van der Waals surface area contributed by atoms with Crippen LogP contribution in [0.4, 0.5) is 10.1 Å². The van der Waals surface area contributed by atoms with Crippen molar-refractivity contribution in [3.8, 4) is 0 Å². The van der Waals surface area contributed by atoms with Crippen LogP contribution in [0.5, 0.6) is 0 Å². The summed E-state index contributed by atoms with van der Waals surface area (Å²) in [7, 11) is 0. The molecule has 1 rings (SSSR count). The quantitative estimate of drug-likeness (QED) is 0.502. The molecule has 0 aliphatic rings. The van der Waals surface area contributed by atoms with Gasteiger partial charge in [-0.2, -0.15) is 0 Å². The van der Waals surface area contributed by atoms with Gasteiger partial charge in [0.2, 0.25) is 0 Å². The number of nitrogens with two attached hydrogens (primary N) is 1. The summed E-state index contributed by atoms with van der Waals surface area (Å²) in [5, 5.41) is 10.5. The summed E-state index contributed by atoms with van der Waals surface area (Å²) in [5.74, 6) is -0.512. The second-order valence-corrected chi connectivity index (χ2v) is 3.44. The molecule has 0 aliphatic heterocycles. The largest absolute Gasteiger partial charge is 0.324 e. The topological polar surface area (TPSA) is 69.2 Å². The maximum Gasteiger partial charge on any atom is 0.269 e. The number of allylic oxidation sites excluding steroid dienone is 1. The van der Waals surface area contributed by atoms with Gasteiger partial charge in [-0.15, -0.1) is 19.0 Å². The van der Waals surface area contributed by atoms with Crippen LogP contribution in [0.15, 0.2) is 30.9 Å². The number of halogens is 2. The normalized spacial score (nSPS) is 11.4. The maximum absolute atomic E-state index is 13.4. The van der Waals surface area contributed by atoms with E-state index < -0.39 is 16.8 Å². The van der Waals surface area contributed by atoms with Gasteiger partial charge in [0.15, 0.2) is 0 Å². The van der Waals surface area contributed by atoms with Gasteiger partial charge in [-0.3, -0.25) is 10.1 Å². The first-order valence-electron chi connectivity index (χ1n) is 4.86. The Morgan fingerprint density at radius 3 is 2.76 bits per heavy atom. The molecule has 4 nitrogen and oxygen atoms in total. The lowest BCUT2D eigenvalue weighted by Crippen LogP contribution is -2.12. The van der Waals surface area contributed by atoms with Crippen molar-refractivity contribution in [1.29, 1.82) is 0 Å². The van der Waals surface area contributed by atoms with Crippen LogP contribution in [0.25, 0.3) is 0 Å². The van der Waals surface area contributed by atoms with Gasteiger partial charge in [0.25, 0.3) is 5.69 Å². The average Bonchev–Trinajstić information content (AvgIpc) is 2.26. The third-order valence-corrected chi connectivity index (χ3v) is 2.27. The Hall–Kier alpha value is -1.46. The van der Waals surface area contributed by atoms with E-state index in [9.17, 15) is 14.5 Å². The average molecular weight is 261 g/mol. The molecular formula is C11H14ClFN2O2. The zero-order valence-corrected chi connectivity index (χ0v) is 9.95. The van der Waals surface area contributed by atoms with Gasteiger partial charge in [0.05, 0.1) is 4.92 Å². The smallest absolute Gasteiger partial charge is 0.269 e. The number of nitro groups is 1. The predicted molar refractivity (Wildman–Crippen MR) is 66.7 cm³/mol. The second kappa shape index (κ2) is 6.98. The third-order valence-electron chi connectivity index (χ3n) is 2.27. The van der Waals surface area contributed by atoms with Crippen LogP contribution in [-0.2, 0) is 0 Å². The highest BCUT2D eigenvalue weighted by Gasteiger charge is 2.15. The van der Waals surface area contributed by atoms with E-state index in [4.69, 9.17) is 5.73 Å². The number of hydrogen-bond acceptors (Lipinski definition) is 3. The Morgan fingerprint density at radius 1 is 1.59 bits per heavy atom. The fourth-order valence-electron chi connectivity index (χ4n) is 1.38. The molecule has 0 saturated carbocycles. The number of rotatable bonds is 5. The summed E-state index contributed by atoms with van der Waals surface area (Å²) < 4.78 is 13.4. The van der Waals surface area contributed by atoms with Crippen molar-refractivity contribution < 1.29 is 9.31 Å². The van der Waals surface area contributed by atoms with Crippen LogP contribution in [0, 0.1) is 15.9 Å². The summed E-state index contributed by atoms with van der Waals surface area (Å²) in [5.41, 5.74) is 5.77. The van der Waals surface area contributed by atoms with Crippen molar-refractivity contribution in [2.24, 2.45) is 5.73 Å². The molecule has 6 heteroatoms. The highest BCUT2D eigenvalue weighted by Crippen LogP contribution is 2.24. The van der Waals surface area contributed by atoms with Crippen LogP contribution in [0.1, 0.15) is 24.4 Å². The molecule has 0 heterocycles. The highest BCUT2D eigenvalue weighted by molar-refractivity contribution is 5.85. The Kier molecular flexibility index (Phi) is 6.38. The maximum atomic E-state index is 13.4. The molecule has 0 spiro atoms. The van der Waals surface area contributed by atoms with Gasteiger partial charge in [0, 0.05) is 23.7 Å². The zero-order valence-electron chi connectivity index (χ0n) is 9.14. The summed E-state index contributed by atoms with van der Waals surface area (Å²) in [6.45, 7) is 3.54. The molecule has 94 valence electrons. The van der Waals surface area contributed by atoms with E-state index in [1.165, 1.54) is 6.07 Å². The molecule has 0 aromatic heterocycles. The van der Waals surface area contributed by atoms with E-state index in [1.54, 1.807) is 6.08 Å². The fraction of sp³-hybridized carbons (Fsp3) is 0.273. The first-order valence-corrected chi connectivity index (χ1v) is 4.86. The molecule has 0 radical (unpaired) electrons. The summed E-state index contributed by atoms with van der Waals surface area (Å²) in [6, 6.07) is 2.83. The molecule has 0 aliphatic carbocycles. The molecule has 0 fully saturated rings. The molecule has 1 aromatic rings. The fourth-order valence-corrected chi connectivity index (χ4v) is 1.38. The van der Waals surface area contributed by atoms with E-state index in [2.05, 4.69) is 6.58 Å². The molecule has 0 saturated heterocycles. The van der Waals surface area contributed by atoms with Crippen molar-refractivity contribution in [2.75, 3.05) is 0 Å². The minimum absolute atomic E-state index is 0. The SMILES string of the molecule is C=CCC[C@@H](N)c1cc([N+](=O)[O-])ccc1F.Cl. The standard InChI is InChI=1S/C11H13FN2O2.ClH/c1-2-3-4-11(13)9-7-8(14(15)16)5-6-10(9)12;/h2,5-7,11H,1,3-4,13H2;1H/t11-;/m1./s1. The van der Waals surface area contributed by atoms with E-state index in [1.807, 2.05) is 0 Å². The zero-order chi connectivity index (χ0) is 12.1. The van der Waals surface area contributed by atoms with Crippen LogP contribution >= 0.6 is 12.4 Å². The summed E-state index contributed by atoms with van der Waals surface area (Å²) >= 11 is 0. The summed E-state index contributed by atoms with van der Waals surface area (Å²) in [6.07, 6.45) is 2.83. The lowest BCUT2D eigenvalue weighted by molar-refractivity contribution is -0.385. The molecule has 0 bridgehead atoms. The molecule has 0 amide bonds. The molecule has 1 atom stereocenters. The van der Waals surface area contributed by atoms with Crippen molar-refractivity contribution >= 4 is 18.1 Å². The van der Waals surface area contributed by atoms with E-state index in [0.29, 0.717) is 12.8 Å². The molecule has 0 unspecified atom stereocenters. The predicted octanol–water partition coefficient (Wildman–Crippen LogP) is 3.12. The van der Waals surface area contributed by atoms with Crippen molar-refractivity contribution in [3.63, 3.8) is 0 Å². The monoisotopic (exact) mass is 260 g/mol. The van der Waals surface area contributed by atoms with Crippen LogP contribution in [-0.4, -0.2) is 4.92 Å². The van der Waals surface area contributed by atoms with Crippen molar-refractivity contribution in [3.05, 3.63) is 52.3 Å². The Balaban J connectivity index is 0.00000256. The Morgan fingerprint density at radius 2 is 2.24 bits per heavy atom. The van der Waals surface area contributed by atoms with Gasteiger partial charge < -0.3 is 5.73 Å². The highest BCUT2D eigenvalue weighted by atomic mass is 35.5. The van der Waals surface area contributed by atoms with Gasteiger partial charge in [-0.25, -0.2) is 4.39 Å². The Labute approximate surface area is 105 Å². The molecule has 1 aromatic carbocycles. The Bertz CT molecular complexity index is 412. The number of hydrogen-bond donors (Lipinski definition) is 1. The minimum Gasteiger partial charge on any atom is -0.324 e. The number of nitrogens with zero attached hydrogens (tertiary/aromatic N) is 1. The van der Waals surface area contributed by atoms with Gasteiger partial charge in [-0.05, 0) is 18.9 Å². The van der Waals surface area contributed by atoms with Crippen molar-refractivity contribution in [1.82, 2.24) is 0 Å².